The summed E-state index contributed by atoms with van der Waals surface area (Å²) in [7, 11) is 1.48. The number of hydrogen-bond acceptors (Lipinski definition) is 2. The first-order valence-corrected chi connectivity index (χ1v) is 5.72. The molecule has 1 rings (SSSR count). The van der Waals surface area contributed by atoms with Crippen LogP contribution in [-0.2, 0) is 9.53 Å². The summed E-state index contributed by atoms with van der Waals surface area (Å²) in [6, 6.07) is 0. The number of ether oxygens (including phenoxy) is 1. The van der Waals surface area contributed by atoms with Crippen molar-refractivity contribution in [1.29, 1.82) is 0 Å². The third-order valence-electron chi connectivity index (χ3n) is 4.03. The molecule has 1 fully saturated rings. The molecule has 1 aliphatic rings. The molecule has 0 radical (unpaired) electrons. The van der Waals surface area contributed by atoms with Crippen molar-refractivity contribution in [3.63, 3.8) is 0 Å². The Hall–Kier alpha value is -0.790. The first kappa shape index (κ1) is 12.3. The number of allylic oxidation sites excluding steroid dienone is 1. The Bertz CT molecular complexity index is 247. The minimum absolute atomic E-state index is 0.0629. The minimum atomic E-state index is -0.345. The zero-order chi connectivity index (χ0) is 11.5. The van der Waals surface area contributed by atoms with Gasteiger partial charge in [0, 0.05) is 0 Å². The maximum absolute atomic E-state index is 12.0. The van der Waals surface area contributed by atoms with Crippen LogP contribution >= 0.6 is 0 Å². The van der Waals surface area contributed by atoms with Crippen LogP contribution in [-0.4, -0.2) is 13.1 Å². The van der Waals surface area contributed by atoms with Gasteiger partial charge in [0.2, 0.25) is 0 Å². The molecule has 0 atom stereocenters. The van der Waals surface area contributed by atoms with Crippen LogP contribution in [0.15, 0.2) is 12.7 Å². The highest BCUT2D eigenvalue weighted by Gasteiger charge is 2.50. The van der Waals surface area contributed by atoms with Crippen molar-refractivity contribution in [3.05, 3.63) is 12.7 Å². The molecule has 86 valence electrons. The summed E-state index contributed by atoms with van der Waals surface area (Å²) >= 11 is 0. The van der Waals surface area contributed by atoms with Crippen molar-refractivity contribution >= 4 is 5.97 Å². The van der Waals surface area contributed by atoms with Gasteiger partial charge in [-0.15, -0.1) is 6.58 Å². The molecule has 2 nitrogen and oxygen atoms in total. The maximum Gasteiger partial charge on any atom is 0.312 e. The SMILES string of the molecule is C=CC(C)(C)C1(C(=O)OC)CCCCC1. The molecule has 0 bridgehead atoms. The van der Waals surface area contributed by atoms with E-state index in [9.17, 15) is 4.79 Å². The lowest BCUT2D eigenvalue weighted by Gasteiger charge is -2.45. The van der Waals surface area contributed by atoms with E-state index in [0.717, 1.165) is 25.7 Å². The predicted molar refractivity (Wildman–Crippen MR) is 61.5 cm³/mol. The van der Waals surface area contributed by atoms with E-state index in [1.54, 1.807) is 0 Å². The fourth-order valence-electron chi connectivity index (χ4n) is 2.66. The van der Waals surface area contributed by atoms with E-state index in [1.807, 2.05) is 6.08 Å². The average Bonchev–Trinajstić information content (AvgIpc) is 2.28. The summed E-state index contributed by atoms with van der Waals surface area (Å²) in [6.07, 6.45) is 7.22. The molecule has 0 spiro atoms. The van der Waals surface area contributed by atoms with Crippen molar-refractivity contribution in [3.8, 4) is 0 Å². The Morgan fingerprint density at radius 3 is 2.27 bits per heavy atom. The number of methoxy groups -OCH3 is 1. The first-order chi connectivity index (χ1) is 7.00. The third-order valence-corrected chi connectivity index (χ3v) is 4.03. The van der Waals surface area contributed by atoms with Gasteiger partial charge in [-0.3, -0.25) is 4.79 Å². The Kier molecular flexibility index (Phi) is 3.58. The van der Waals surface area contributed by atoms with E-state index in [4.69, 9.17) is 4.74 Å². The van der Waals surface area contributed by atoms with Crippen LogP contribution in [0.2, 0.25) is 0 Å². The molecule has 0 amide bonds. The Labute approximate surface area is 92.7 Å². The molecule has 0 aromatic carbocycles. The van der Waals surface area contributed by atoms with Crippen LogP contribution in [0.4, 0.5) is 0 Å². The van der Waals surface area contributed by atoms with E-state index in [0.29, 0.717) is 0 Å². The molecule has 1 aliphatic carbocycles. The van der Waals surface area contributed by atoms with Gasteiger partial charge in [-0.25, -0.2) is 0 Å². The van der Waals surface area contributed by atoms with Gasteiger partial charge in [0.05, 0.1) is 12.5 Å². The van der Waals surface area contributed by atoms with E-state index in [2.05, 4.69) is 20.4 Å². The van der Waals surface area contributed by atoms with Crippen molar-refractivity contribution in [1.82, 2.24) is 0 Å². The smallest absolute Gasteiger partial charge is 0.312 e. The van der Waals surface area contributed by atoms with E-state index < -0.39 is 0 Å². The molecule has 0 saturated heterocycles. The molecule has 0 unspecified atom stereocenters. The number of esters is 1. The molecule has 0 aromatic rings. The van der Waals surface area contributed by atoms with Gasteiger partial charge in [-0.1, -0.05) is 39.2 Å². The molecule has 15 heavy (non-hydrogen) atoms. The number of rotatable bonds is 3. The topological polar surface area (TPSA) is 26.3 Å². The fraction of sp³-hybridized carbons (Fsp3) is 0.769. The van der Waals surface area contributed by atoms with Crippen molar-refractivity contribution in [2.75, 3.05) is 7.11 Å². The van der Waals surface area contributed by atoms with Gasteiger partial charge < -0.3 is 4.74 Å². The van der Waals surface area contributed by atoms with Gasteiger partial charge in [0.25, 0.3) is 0 Å². The quantitative estimate of drug-likeness (QED) is 0.527. The van der Waals surface area contributed by atoms with Gasteiger partial charge in [0.15, 0.2) is 0 Å². The zero-order valence-electron chi connectivity index (χ0n) is 10.1. The van der Waals surface area contributed by atoms with Gasteiger partial charge in [0.1, 0.15) is 0 Å². The molecule has 0 aliphatic heterocycles. The molecule has 2 heteroatoms. The molecule has 0 N–H and O–H groups in total. The highest BCUT2D eigenvalue weighted by atomic mass is 16.5. The highest BCUT2D eigenvalue weighted by Crippen LogP contribution is 2.51. The molecular weight excluding hydrogens is 188 g/mol. The number of hydrogen-bond donors (Lipinski definition) is 0. The van der Waals surface area contributed by atoms with Crippen LogP contribution in [0.5, 0.6) is 0 Å². The molecule has 0 heterocycles. The lowest BCUT2D eigenvalue weighted by molar-refractivity contribution is -0.162. The monoisotopic (exact) mass is 210 g/mol. The van der Waals surface area contributed by atoms with Crippen molar-refractivity contribution in [2.24, 2.45) is 10.8 Å². The maximum atomic E-state index is 12.0. The number of carbonyl (C=O) groups excluding carboxylic acids is 1. The summed E-state index contributed by atoms with van der Waals surface area (Å²) in [4.78, 5) is 12.0. The summed E-state index contributed by atoms with van der Waals surface area (Å²) in [5.74, 6) is -0.0629. The Balaban J connectivity index is 3.04. The normalized spacial score (nSPS) is 20.7. The minimum Gasteiger partial charge on any atom is -0.469 e. The molecule has 1 saturated carbocycles. The van der Waals surface area contributed by atoms with Crippen LogP contribution in [0.1, 0.15) is 46.0 Å². The average molecular weight is 210 g/mol. The summed E-state index contributed by atoms with van der Waals surface area (Å²) in [5, 5.41) is 0. The predicted octanol–water partition coefficient (Wildman–Crippen LogP) is 3.32. The lowest BCUT2D eigenvalue weighted by atomic mass is 9.58. The Morgan fingerprint density at radius 1 is 1.33 bits per heavy atom. The lowest BCUT2D eigenvalue weighted by Crippen LogP contribution is -2.45. The van der Waals surface area contributed by atoms with Crippen molar-refractivity contribution in [2.45, 2.75) is 46.0 Å². The summed E-state index contributed by atoms with van der Waals surface area (Å²) < 4.78 is 4.99. The third kappa shape index (κ3) is 1.95. The van der Waals surface area contributed by atoms with Crippen LogP contribution < -0.4 is 0 Å². The first-order valence-electron chi connectivity index (χ1n) is 5.72. The van der Waals surface area contributed by atoms with Gasteiger partial charge in [-0.05, 0) is 18.3 Å². The van der Waals surface area contributed by atoms with Gasteiger partial charge in [-0.2, -0.15) is 0 Å². The van der Waals surface area contributed by atoms with Gasteiger partial charge >= 0.3 is 5.97 Å². The standard InChI is InChI=1S/C13H22O2/c1-5-12(2,3)13(11(14)15-4)9-7-6-8-10-13/h5H,1,6-10H2,2-4H3. The van der Waals surface area contributed by atoms with E-state index in [1.165, 1.54) is 13.5 Å². The van der Waals surface area contributed by atoms with Crippen LogP contribution in [0, 0.1) is 10.8 Å². The molecular formula is C13H22O2. The number of carbonyl (C=O) groups is 1. The zero-order valence-corrected chi connectivity index (χ0v) is 10.1. The summed E-state index contributed by atoms with van der Waals surface area (Å²) in [6.45, 7) is 8.03. The van der Waals surface area contributed by atoms with E-state index >= 15 is 0 Å². The summed E-state index contributed by atoms with van der Waals surface area (Å²) in [5.41, 5.74) is -0.526. The van der Waals surface area contributed by atoms with Crippen LogP contribution in [0.3, 0.4) is 0 Å². The largest absolute Gasteiger partial charge is 0.469 e. The second-order valence-corrected chi connectivity index (χ2v) is 5.06. The Morgan fingerprint density at radius 2 is 1.87 bits per heavy atom. The van der Waals surface area contributed by atoms with Crippen LogP contribution in [0.25, 0.3) is 0 Å². The molecule has 0 aromatic heterocycles. The second kappa shape index (κ2) is 4.38. The second-order valence-electron chi connectivity index (χ2n) is 5.06. The highest BCUT2D eigenvalue weighted by molar-refractivity contribution is 5.78. The fourth-order valence-corrected chi connectivity index (χ4v) is 2.66. The van der Waals surface area contributed by atoms with E-state index in [-0.39, 0.29) is 16.8 Å². The van der Waals surface area contributed by atoms with Crippen molar-refractivity contribution < 1.29 is 9.53 Å².